The minimum atomic E-state index is 0. The van der Waals surface area contributed by atoms with Crippen LogP contribution in [-0.4, -0.2) is 74.2 Å². The summed E-state index contributed by atoms with van der Waals surface area (Å²) in [5, 5.41) is 7.17. The van der Waals surface area contributed by atoms with E-state index in [1.54, 1.807) is 7.11 Å². The second-order valence-corrected chi connectivity index (χ2v) is 8.77. The minimum Gasteiger partial charge on any atom is -0.496 e. The molecule has 7 heteroatoms. The first kappa shape index (κ1) is 26.2. The second kappa shape index (κ2) is 13.5. The third-order valence-corrected chi connectivity index (χ3v) is 6.45. The quantitative estimate of drug-likeness (QED) is 0.296. The number of methoxy groups -OCH3 is 1. The highest BCUT2D eigenvalue weighted by molar-refractivity contribution is 14.0. The van der Waals surface area contributed by atoms with Crippen molar-refractivity contribution in [3.8, 4) is 5.75 Å². The maximum atomic E-state index is 5.68. The standard InChI is InChI=1S/C24H41N5O.HI/c1-5-25-24(27-20-12-16-28(17-13-20)19(2)3)26-18-22(29-14-8-9-15-29)21-10-6-7-11-23(21)30-4;/h6-7,10-11,19-20,22H,5,8-9,12-18H2,1-4H3,(H2,25,26,27);1H. The number of guanidine groups is 1. The fourth-order valence-electron chi connectivity index (χ4n) is 4.66. The molecule has 2 aliphatic heterocycles. The maximum absolute atomic E-state index is 5.68. The summed E-state index contributed by atoms with van der Waals surface area (Å²) in [6, 6.07) is 9.79. The Bertz CT molecular complexity index is 670. The van der Waals surface area contributed by atoms with Gasteiger partial charge in [0.1, 0.15) is 5.75 Å². The van der Waals surface area contributed by atoms with Crippen molar-refractivity contribution in [3.63, 3.8) is 0 Å². The lowest BCUT2D eigenvalue weighted by Crippen LogP contribution is -2.50. The first-order valence-electron chi connectivity index (χ1n) is 11.8. The van der Waals surface area contributed by atoms with Gasteiger partial charge in [0, 0.05) is 37.3 Å². The zero-order valence-electron chi connectivity index (χ0n) is 19.8. The lowest BCUT2D eigenvalue weighted by atomic mass is 10.0. The Morgan fingerprint density at radius 2 is 1.77 bits per heavy atom. The van der Waals surface area contributed by atoms with Crippen LogP contribution in [0.15, 0.2) is 29.3 Å². The number of nitrogens with one attached hydrogen (secondary N) is 2. The number of para-hydroxylation sites is 1. The predicted molar refractivity (Wildman–Crippen MR) is 141 cm³/mol. The molecule has 3 rings (SSSR count). The Balaban J connectivity index is 0.00000341. The molecule has 0 aromatic heterocycles. The number of ether oxygens (including phenoxy) is 1. The Morgan fingerprint density at radius 1 is 1.10 bits per heavy atom. The van der Waals surface area contributed by atoms with Gasteiger partial charge >= 0.3 is 0 Å². The maximum Gasteiger partial charge on any atom is 0.191 e. The average molecular weight is 544 g/mol. The molecule has 0 spiro atoms. The fraction of sp³-hybridized carbons (Fsp3) is 0.708. The molecule has 31 heavy (non-hydrogen) atoms. The molecular weight excluding hydrogens is 501 g/mol. The summed E-state index contributed by atoms with van der Waals surface area (Å²) in [7, 11) is 1.76. The lowest BCUT2D eigenvalue weighted by molar-refractivity contribution is 0.167. The number of hydrogen-bond acceptors (Lipinski definition) is 4. The first-order valence-corrected chi connectivity index (χ1v) is 11.8. The van der Waals surface area contributed by atoms with Crippen LogP contribution in [0.1, 0.15) is 58.1 Å². The fourth-order valence-corrected chi connectivity index (χ4v) is 4.66. The molecule has 0 saturated carbocycles. The number of nitrogens with zero attached hydrogens (tertiary/aromatic N) is 3. The van der Waals surface area contributed by atoms with Gasteiger partial charge in [-0.3, -0.25) is 9.89 Å². The van der Waals surface area contributed by atoms with Crippen LogP contribution >= 0.6 is 24.0 Å². The summed E-state index contributed by atoms with van der Waals surface area (Å²) in [6.45, 7) is 12.9. The highest BCUT2D eigenvalue weighted by atomic mass is 127. The summed E-state index contributed by atoms with van der Waals surface area (Å²) in [5.74, 6) is 1.91. The number of piperidine rings is 1. The van der Waals surface area contributed by atoms with E-state index in [1.165, 1.54) is 31.2 Å². The average Bonchev–Trinajstić information content (AvgIpc) is 3.29. The van der Waals surface area contributed by atoms with Crippen LogP contribution in [0.4, 0.5) is 0 Å². The predicted octanol–water partition coefficient (Wildman–Crippen LogP) is 3.88. The third kappa shape index (κ3) is 7.49. The molecule has 0 amide bonds. The van der Waals surface area contributed by atoms with Gasteiger partial charge in [0.05, 0.1) is 19.7 Å². The summed E-state index contributed by atoms with van der Waals surface area (Å²) in [5.41, 5.74) is 1.24. The van der Waals surface area contributed by atoms with E-state index in [9.17, 15) is 0 Å². The minimum absolute atomic E-state index is 0. The van der Waals surface area contributed by atoms with Crippen molar-refractivity contribution in [1.29, 1.82) is 0 Å². The molecule has 2 N–H and O–H groups in total. The van der Waals surface area contributed by atoms with E-state index < -0.39 is 0 Å². The highest BCUT2D eigenvalue weighted by Crippen LogP contribution is 2.31. The van der Waals surface area contributed by atoms with Crippen LogP contribution < -0.4 is 15.4 Å². The Hall–Kier alpha value is -1.06. The van der Waals surface area contributed by atoms with Crippen molar-refractivity contribution >= 4 is 29.9 Å². The van der Waals surface area contributed by atoms with E-state index in [2.05, 4.69) is 59.4 Å². The third-order valence-electron chi connectivity index (χ3n) is 6.45. The van der Waals surface area contributed by atoms with Gasteiger partial charge in [-0.2, -0.15) is 0 Å². The second-order valence-electron chi connectivity index (χ2n) is 8.77. The van der Waals surface area contributed by atoms with E-state index in [0.29, 0.717) is 12.1 Å². The molecule has 2 heterocycles. The summed E-state index contributed by atoms with van der Waals surface area (Å²) in [6.07, 6.45) is 4.87. The van der Waals surface area contributed by atoms with Crippen molar-refractivity contribution in [3.05, 3.63) is 29.8 Å². The highest BCUT2D eigenvalue weighted by Gasteiger charge is 2.26. The van der Waals surface area contributed by atoms with E-state index in [-0.39, 0.29) is 30.0 Å². The topological polar surface area (TPSA) is 52.1 Å². The molecule has 2 aliphatic rings. The zero-order valence-corrected chi connectivity index (χ0v) is 22.1. The number of likely N-dealkylation sites (tertiary alicyclic amines) is 2. The smallest absolute Gasteiger partial charge is 0.191 e. The van der Waals surface area contributed by atoms with E-state index in [0.717, 1.165) is 51.0 Å². The van der Waals surface area contributed by atoms with Crippen molar-refractivity contribution in [1.82, 2.24) is 20.4 Å². The first-order chi connectivity index (χ1) is 14.6. The van der Waals surface area contributed by atoms with Gasteiger partial charge in [-0.15, -0.1) is 24.0 Å². The molecule has 1 atom stereocenters. The van der Waals surface area contributed by atoms with Crippen LogP contribution in [0, 0.1) is 0 Å². The van der Waals surface area contributed by atoms with Gasteiger partial charge in [-0.25, -0.2) is 0 Å². The molecule has 1 aromatic carbocycles. The molecule has 0 radical (unpaired) electrons. The molecule has 1 aromatic rings. The summed E-state index contributed by atoms with van der Waals surface area (Å²) in [4.78, 5) is 10.2. The van der Waals surface area contributed by atoms with E-state index in [1.807, 2.05) is 6.07 Å². The van der Waals surface area contributed by atoms with Crippen LogP contribution in [0.2, 0.25) is 0 Å². The number of rotatable bonds is 8. The number of aliphatic imine (C=N–C) groups is 1. The van der Waals surface area contributed by atoms with E-state index >= 15 is 0 Å². The molecule has 1 unspecified atom stereocenters. The van der Waals surface area contributed by atoms with Gasteiger partial charge < -0.3 is 20.3 Å². The zero-order chi connectivity index (χ0) is 21.3. The van der Waals surface area contributed by atoms with Crippen LogP contribution in [-0.2, 0) is 0 Å². The Morgan fingerprint density at radius 3 is 2.39 bits per heavy atom. The van der Waals surface area contributed by atoms with Gasteiger partial charge in [-0.05, 0) is 65.6 Å². The van der Waals surface area contributed by atoms with Crippen LogP contribution in [0.3, 0.4) is 0 Å². The van der Waals surface area contributed by atoms with Gasteiger partial charge in [-0.1, -0.05) is 18.2 Å². The van der Waals surface area contributed by atoms with Crippen molar-refractivity contribution in [2.45, 2.75) is 64.6 Å². The van der Waals surface area contributed by atoms with Crippen molar-refractivity contribution in [2.75, 3.05) is 46.4 Å². The summed E-state index contributed by atoms with van der Waals surface area (Å²) < 4.78 is 5.68. The molecule has 176 valence electrons. The monoisotopic (exact) mass is 543 g/mol. The molecular formula is C24H42IN5O. The van der Waals surface area contributed by atoms with E-state index in [4.69, 9.17) is 9.73 Å². The number of benzene rings is 1. The Labute approximate surface area is 206 Å². The molecule has 2 fully saturated rings. The molecule has 2 saturated heterocycles. The summed E-state index contributed by atoms with van der Waals surface area (Å²) >= 11 is 0. The Kier molecular flexibility index (Phi) is 11.4. The van der Waals surface area contributed by atoms with Gasteiger partial charge in [0.25, 0.3) is 0 Å². The van der Waals surface area contributed by atoms with Gasteiger partial charge in [0.2, 0.25) is 0 Å². The van der Waals surface area contributed by atoms with Crippen LogP contribution in [0.5, 0.6) is 5.75 Å². The largest absolute Gasteiger partial charge is 0.496 e. The van der Waals surface area contributed by atoms with Gasteiger partial charge in [0.15, 0.2) is 5.96 Å². The van der Waals surface area contributed by atoms with Crippen molar-refractivity contribution < 1.29 is 4.74 Å². The number of halogens is 1. The van der Waals surface area contributed by atoms with Crippen molar-refractivity contribution in [2.24, 2.45) is 4.99 Å². The normalized spacial score (nSPS) is 19.8. The molecule has 6 nitrogen and oxygen atoms in total. The molecule has 0 bridgehead atoms. The lowest BCUT2D eigenvalue weighted by Gasteiger charge is -2.35. The molecule has 0 aliphatic carbocycles. The number of hydrogen-bond donors (Lipinski definition) is 2. The SMILES string of the molecule is CCNC(=NCC(c1ccccc1OC)N1CCCC1)NC1CCN(C(C)C)CC1.I. The van der Waals surface area contributed by atoms with Crippen LogP contribution in [0.25, 0.3) is 0 Å².